The summed E-state index contributed by atoms with van der Waals surface area (Å²) in [7, 11) is 0. The Hall–Kier alpha value is -2.35. The van der Waals surface area contributed by atoms with E-state index in [2.05, 4.69) is 34.7 Å². The maximum absolute atomic E-state index is 13.0. The van der Waals surface area contributed by atoms with Crippen LogP contribution in [0.2, 0.25) is 5.02 Å². The van der Waals surface area contributed by atoms with E-state index in [1.165, 1.54) is 35.6 Å². The number of amides is 1. The highest BCUT2D eigenvalue weighted by Crippen LogP contribution is 2.30. The molecule has 0 aliphatic carbocycles. The minimum absolute atomic E-state index is 0.215. The first-order valence-corrected chi connectivity index (χ1v) is 10.6. The molecule has 0 saturated heterocycles. The Bertz CT molecular complexity index is 956. The zero-order valence-electron chi connectivity index (χ0n) is 16.2. The summed E-state index contributed by atoms with van der Waals surface area (Å²) in [6.45, 7) is 4.76. The number of rotatable bonds is 8. The molecule has 0 aliphatic heterocycles. The van der Waals surface area contributed by atoms with Crippen molar-refractivity contribution >= 4 is 34.5 Å². The van der Waals surface area contributed by atoms with Gasteiger partial charge in [-0.05, 0) is 54.8 Å². The SMILES string of the molecule is CCC(CC)(NCc1nnc(C(=O)Nc2ccc(F)cc2)s1)c1ccc(Cl)cc1. The van der Waals surface area contributed by atoms with Gasteiger partial charge in [-0.25, -0.2) is 4.39 Å². The highest BCUT2D eigenvalue weighted by molar-refractivity contribution is 7.13. The molecule has 0 fully saturated rings. The molecule has 1 amide bonds. The summed E-state index contributed by atoms with van der Waals surface area (Å²) in [6, 6.07) is 13.4. The Kier molecular flexibility index (Phi) is 6.95. The molecule has 2 aromatic carbocycles. The number of nitrogens with one attached hydrogen (secondary N) is 2. The van der Waals surface area contributed by atoms with Crippen molar-refractivity contribution in [3.63, 3.8) is 0 Å². The first-order valence-electron chi connectivity index (χ1n) is 9.36. The van der Waals surface area contributed by atoms with Crippen molar-refractivity contribution in [3.05, 3.63) is 74.9 Å². The van der Waals surface area contributed by atoms with Crippen LogP contribution in [0.3, 0.4) is 0 Å². The number of hydrogen-bond donors (Lipinski definition) is 2. The lowest BCUT2D eigenvalue weighted by atomic mass is 9.84. The summed E-state index contributed by atoms with van der Waals surface area (Å²) in [4.78, 5) is 12.3. The van der Waals surface area contributed by atoms with Crippen molar-refractivity contribution in [2.75, 3.05) is 5.32 Å². The summed E-state index contributed by atoms with van der Waals surface area (Å²) < 4.78 is 13.0. The zero-order valence-corrected chi connectivity index (χ0v) is 17.8. The van der Waals surface area contributed by atoms with E-state index in [-0.39, 0.29) is 22.3 Å². The minimum Gasteiger partial charge on any atom is -0.320 e. The summed E-state index contributed by atoms with van der Waals surface area (Å²) in [6.07, 6.45) is 1.78. The molecule has 2 N–H and O–H groups in total. The molecule has 3 rings (SSSR count). The molecule has 1 heterocycles. The number of carbonyl (C=O) groups excluding carboxylic acids is 1. The second-order valence-corrected chi connectivity index (χ2v) is 8.11. The molecule has 152 valence electrons. The number of nitrogens with zero attached hydrogens (tertiary/aromatic N) is 2. The van der Waals surface area contributed by atoms with Crippen molar-refractivity contribution in [2.45, 2.75) is 38.8 Å². The van der Waals surface area contributed by atoms with Gasteiger partial charge in [0, 0.05) is 16.2 Å². The lowest BCUT2D eigenvalue weighted by molar-refractivity contribution is 0.102. The molecule has 5 nitrogen and oxygen atoms in total. The van der Waals surface area contributed by atoms with E-state index in [0.29, 0.717) is 17.3 Å². The Morgan fingerprint density at radius 1 is 1.07 bits per heavy atom. The first kappa shape index (κ1) is 21.4. The molecule has 8 heteroatoms. The minimum atomic E-state index is -0.365. The second kappa shape index (κ2) is 9.43. The normalized spacial score (nSPS) is 11.4. The predicted molar refractivity (Wildman–Crippen MR) is 115 cm³/mol. The van der Waals surface area contributed by atoms with Crippen LogP contribution in [0, 0.1) is 5.82 Å². The molecule has 0 unspecified atom stereocenters. The van der Waals surface area contributed by atoms with Crippen LogP contribution < -0.4 is 10.6 Å². The number of hydrogen-bond acceptors (Lipinski definition) is 5. The van der Waals surface area contributed by atoms with Crippen LogP contribution in [-0.4, -0.2) is 16.1 Å². The van der Waals surface area contributed by atoms with Gasteiger partial charge in [0.15, 0.2) is 0 Å². The van der Waals surface area contributed by atoms with Crippen LogP contribution >= 0.6 is 22.9 Å². The third-order valence-electron chi connectivity index (χ3n) is 4.95. The largest absolute Gasteiger partial charge is 0.320 e. The summed E-state index contributed by atoms with van der Waals surface area (Å²) in [5, 5.41) is 16.1. The molecule has 29 heavy (non-hydrogen) atoms. The topological polar surface area (TPSA) is 66.9 Å². The quantitative estimate of drug-likeness (QED) is 0.501. The van der Waals surface area contributed by atoms with E-state index in [1.807, 2.05) is 24.3 Å². The van der Waals surface area contributed by atoms with Crippen LogP contribution in [0.15, 0.2) is 48.5 Å². The van der Waals surface area contributed by atoms with E-state index >= 15 is 0 Å². The van der Waals surface area contributed by atoms with Gasteiger partial charge in [0.2, 0.25) is 5.01 Å². The van der Waals surface area contributed by atoms with Crippen molar-refractivity contribution in [3.8, 4) is 0 Å². The summed E-state index contributed by atoms with van der Waals surface area (Å²) in [5.41, 5.74) is 1.45. The molecule has 0 spiro atoms. The fourth-order valence-corrected chi connectivity index (χ4v) is 3.96. The Morgan fingerprint density at radius 3 is 2.34 bits per heavy atom. The second-order valence-electron chi connectivity index (χ2n) is 6.61. The van der Waals surface area contributed by atoms with E-state index in [0.717, 1.165) is 23.4 Å². The Morgan fingerprint density at radius 2 is 1.72 bits per heavy atom. The van der Waals surface area contributed by atoms with Gasteiger partial charge in [-0.1, -0.05) is 48.9 Å². The number of anilines is 1. The van der Waals surface area contributed by atoms with E-state index in [1.54, 1.807) is 0 Å². The van der Waals surface area contributed by atoms with Gasteiger partial charge in [0.05, 0.1) is 6.54 Å². The molecule has 0 atom stereocenters. The van der Waals surface area contributed by atoms with Gasteiger partial charge in [-0.15, -0.1) is 10.2 Å². The first-order chi connectivity index (χ1) is 14.0. The van der Waals surface area contributed by atoms with Gasteiger partial charge >= 0.3 is 0 Å². The van der Waals surface area contributed by atoms with Gasteiger partial charge in [-0.3, -0.25) is 4.79 Å². The van der Waals surface area contributed by atoms with E-state index < -0.39 is 0 Å². The Balaban J connectivity index is 1.67. The lowest BCUT2D eigenvalue weighted by Gasteiger charge is -2.33. The lowest BCUT2D eigenvalue weighted by Crippen LogP contribution is -2.40. The number of carbonyl (C=O) groups is 1. The highest BCUT2D eigenvalue weighted by atomic mass is 35.5. The average Bonchev–Trinajstić information content (AvgIpc) is 3.21. The molecule has 0 radical (unpaired) electrons. The predicted octanol–water partition coefficient (Wildman–Crippen LogP) is 5.39. The fourth-order valence-electron chi connectivity index (χ4n) is 3.16. The fraction of sp³-hybridized carbons (Fsp3) is 0.286. The van der Waals surface area contributed by atoms with Crippen molar-refractivity contribution in [1.82, 2.24) is 15.5 Å². The van der Waals surface area contributed by atoms with Crippen LogP contribution in [0.25, 0.3) is 0 Å². The molecule has 0 bridgehead atoms. The number of aromatic nitrogens is 2. The standard InChI is InChI=1S/C21H22ClFN4OS/c1-3-21(4-2,14-5-7-15(22)8-6-14)24-13-18-26-27-20(29-18)19(28)25-17-11-9-16(23)10-12-17/h5-12,24H,3-4,13H2,1-2H3,(H,25,28). The highest BCUT2D eigenvalue weighted by Gasteiger charge is 2.28. The van der Waals surface area contributed by atoms with Crippen molar-refractivity contribution < 1.29 is 9.18 Å². The van der Waals surface area contributed by atoms with E-state index in [9.17, 15) is 9.18 Å². The molecule has 3 aromatic rings. The summed E-state index contributed by atoms with van der Waals surface area (Å²) in [5.74, 6) is -0.724. The van der Waals surface area contributed by atoms with Crippen molar-refractivity contribution in [2.24, 2.45) is 0 Å². The van der Waals surface area contributed by atoms with Gasteiger partial charge in [0.25, 0.3) is 5.91 Å². The summed E-state index contributed by atoms with van der Waals surface area (Å²) >= 11 is 7.26. The van der Waals surface area contributed by atoms with Crippen LogP contribution in [-0.2, 0) is 12.1 Å². The van der Waals surface area contributed by atoms with Crippen LogP contribution in [0.1, 0.15) is 47.1 Å². The zero-order chi connectivity index (χ0) is 20.9. The van der Waals surface area contributed by atoms with Gasteiger partial charge in [0.1, 0.15) is 10.8 Å². The number of halogens is 2. The molecule has 0 saturated carbocycles. The molecule has 0 aliphatic rings. The molecular weight excluding hydrogens is 411 g/mol. The molecular formula is C21H22ClFN4OS. The third kappa shape index (κ3) is 5.18. The third-order valence-corrected chi connectivity index (χ3v) is 6.12. The average molecular weight is 433 g/mol. The van der Waals surface area contributed by atoms with Gasteiger partial charge in [-0.2, -0.15) is 0 Å². The van der Waals surface area contributed by atoms with Crippen molar-refractivity contribution in [1.29, 1.82) is 0 Å². The van der Waals surface area contributed by atoms with E-state index in [4.69, 9.17) is 11.6 Å². The van der Waals surface area contributed by atoms with Crippen LogP contribution in [0.5, 0.6) is 0 Å². The molecule has 1 aromatic heterocycles. The van der Waals surface area contributed by atoms with Crippen LogP contribution in [0.4, 0.5) is 10.1 Å². The maximum atomic E-state index is 13.0. The maximum Gasteiger partial charge on any atom is 0.286 e. The van der Waals surface area contributed by atoms with Gasteiger partial charge < -0.3 is 10.6 Å². The number of benzene rings is 2. The monoisotopic (exact) mass is 432 g/mol. The Labute approximate surface area is 178 Å². The smallest absolute Gasteiger partial charge is 0.286 e.